The molecule has 0 aliphatic heterocycles. The fourth-order valence-corrected chi connectivity index (χ4v) is 8.44. The Morgan fingerprint density at radius 1 is 0.913 bits per heavy atom. The lowest BCUT2D eigenvalue weighted by Crippen LogP contribution is -2.59. The molecule has 0 aromatic heterocycles. The lowest BCUT2D eigenvalue weighted by molar-refractivity contribution is -0.193. The van der Waals surface area contributed by atoms with Crippen molar-refractivity contribution in [2.45, 2.75) is 90.1 Å². The van der Waals surface area contributed by atoms with E-state index in [0.717, 1.165) is 5.92 Å². The van der Waals surface area contributed by atoms with Crippen molar-refractivity contribution >= 4 is 0 Å². The SMILES string of the molecule is COCC1(O)C2(CCCC2)C2CCC1(C)C2(C)C1CCCCC1. The van der Waals surface area contributed by atoms with Gasteiger partial charge in [-0.2, -0.15) is 0 Å². The van der Waals surface area contributed by atoms with Crippen molar-refractivity contribution in [3.8, 4) is 0 Å². The summed E-state index contributed by atoms with van der Waals surface area (Å²) in [5, 5.41) is 12.1. The van der Waals surface area contributed by atoms with Gasteiger partial charge >= 0.3 is 0 Å². The highest BCUT2D eigenvalue weighted by Gasteiger charge is 2.81. The Hall–Kier alpha value is -0.0800. The summed E-state index contributed by atoms with van der Waals surface area (Å²) in [7, 11) is 1.79. The molecule has 2 nitrogen and oxygen atoms in total. The van der Waals surface area contributed by atoms with Gasteiger partial charge in [-0.15, -0.1) is 0 Å². The molecular weight excluding hydrogens is 284 g/mol. The summed E-state index contributed by atoms with van der Waals surface area (Å²) in [6, 6.07) is 0. The molecule has 0 radical (unpaired) electrons. The molecule has 2 bridgehead atoms. The van der Waals surface area contributed by atoms with Crippen molar-refractivity contribution < 1.29 is 9.84 Å². The van der Waals surface area contributed by atoms with Crippen molar-refractivity contribution in [2.75, 3.05) is 13.7 Å². The highest BCUT2D eigenvalue weighted by atomic mass is 16.5. The summed E-state index contributed by atoms with van der Waals surface area (Å²) in [5.41, 5.74) is -0.124. The van der Waals surface area contributed by atoms with Crippen LogP contribution in [0.5, 0.6) is 0 Å². The molecule has 0 aromatic carbocycles. The second-order valence-corrected chi connectivity index (χ2v) is 9.70. The molecule has 1 spiro atoms. The molecule has 4 fully saturated rings. The van der Waals surface area contributed by atoms with E-state index in [1.54, 1.807) is 7.11 Å². The predicted octanol–water partition coefficient (Wildman–Crippen LogP) is 4.94. The van der Waals surface area contributed by atoms with E-state index in [9.17, 15) is 5.11 Å². The smallest absolute Gasteiger partial charge is 0.0997 e. The average Bonchev–Trinajstić information content (AvgIpc) is 3.16. The molecule has 0 aromatic rings. The Balaban J connectivity index is 1.83. The van der Waals surface area contributed by atoms with Crippen LogP contribution in [0, 0.1) is 28.1 Å². The number of aliphatic hydroxyl groups is 1. The lowest BCUT2D eigenvalue weighted by atomic mass is 9.55. The van der Waals surface area contributed by atoms with E-state index < -0.39 is 5.60 Å². The van der Waals surface area contributed by atoms with Crippen molar-refractivity contribution in [3.05, 3.63) is 0 Å². The normalized spacial score (nSPS) is 49.3. The topological polar surface area (TPSA) is 29.5 Å². The van der Waals surface area contributed by atoms with E-state index in [0.29, 0.717) is 17.9 Å². The van der Waals surface area contributed by atoms with Crippen molar-refractivity contribution in [1.29, 1.82) is 0 Å². The van der Waals surface area contributed by atoms with Gasteiger partial charge in [0.1, 0.15) is 0 Å². The van der Waals surface area contributed by atoms with E-state index in [1.165, 1.54) is 70.6 Å². The number of hydrogen-bond acceptors (Lipinski definition) is 2. The van der Waals surface area contributed by atoms with Crippen molar-refractivity contribution in [1.82, 2.24) is 0 Å². The first-order chi connectivity index (χ1) is 11.0. The number of fused-ring (bicyclic) bond motifs is 3. The van der Waals surface area contributed by atoms with Crippen LogP contribution in [0.25, 0.3) is 0 Å². The number of methoxy groups -OCH3 is 1. The molecule has 0 heterocycles. The second-order valence-electron chi connectivity index (χ2n) is 9.70. The maximum Gasteiger partial charge on any atom is 0.0997 e. The standard InChI is InChI=1S/C21H36O2/c1-18-14-11-17(19(18,2)16-9-5-4-6-10-16)20(12-7-8-13-20)21(18,22)15-23-3/h16-17,22H,4-15H2,1-3H3. The van der Waals surface area contributed by atoms with Crippen LogP contribution in [0.3, 0.4) is 0 Å². The highest BCUT2D eigenvalue weighted by molar-refractivity contribution is 5.30. The Bertz CT molecular complexity index is 462. The molecule has 0 saturated heterocycles. The highest BCUT2D eigenvalue weighted by Crippen LogP contribution is 2.82. The first-order valence-corrected chi connectivity index (χ1v) is 10.2. The zero-order chi connectivity index (χ0) is 16.3. The fourth-order valence-electron chi connectivity index (χ4n) is 8.44. The molecule has 132 valence electrons. The third kappa shape index (κ3) is 1.68. The Morgan fingerprint density at radius 3 is 2.17 bits per heavy atom. The molecule has 4 unspecified atom stereocenters. The van der Waals surface area contributed by atoms with Crippen LogP contribution in [0.1, 0.15) is 84.5 Å². The summed E-state index contributed by atoms with van der Waals surface area (Å²) >= 11 is 0. The maximum absolute atomic E-state index is 12.1. The molecule has 1 N–H and O–H groups in total. The van der Waals surface area contributed by atoms with E-state index in [1.807, 2.05) is 0 Å². The molecule has 4 aliphatic rings. The van der Waals surface area contributed by atoms with Gasteiger partial charge in [0.25, 0.3) is 0 Å². The summed E-state index contributed by atoms with van der Waals surface area (Å²) in [4.78, 5) is 0. The zero-order valence-electron chi connectivity index (χ0n) is 15.5. The monoisotopic (exact) mass is 320 g/mol. The molecule has 4 atom stereocenters. The van der Waals surface area contributed by atoms with Gasteiger partial charge in [0.05, 0.1) is 12.2 Å². The molecular formula is C21H36O2. The molecule has 23 heavy (non-hydrogen) atoms. The summed E-state index contributed by atoms with van der Waals surface area (Å²) in [5.74, 6) is 1.53. The predicted molar refractivity (Wildman–Crippen MR) is 93.2 cm³/mol. The van der Waals surface area contributed by atoms with Gasteiger partial charge in [-0.05, 0) is 55.8 Å². The van der Waals surface area contributed by atoms with Crippen LogP contribution in [0.2, 0.25) is 0 Å². The van der Waals surface area contributed by atoms with E-state index in [2.05, 4.69) is 13.8 Å². The number of hydrogen-bond donors (Lipinski definition) is 1. The number of ether oxygens (including phenoxy) is 1. The van der Waals surface area contributed by atoms with Crippen molar-refractivity contribution in [3.63, 3.8) is 0 Å². The summed E-state index contributed by atoms with van der Waals surface area (Å²) < 4.78 is 5.66. The molecule has 4 rings (SSSR count). The van der Waals surface area contributed by atoms with E-state index in [-0.39, 0.29) is 10.8 Å². The van der Waals surface area contributed by atoms with Gasteiger partial charge in [-0.1, -0.05) is 46.0 Å². The minimum absolute atomic E-state index is 0.0347. The third-order valence-electron chi connectivity index (χ3n) is 9.55. The van der Waals surface area contributed by atoms with Crippen LogP contribution >= 0.6 is 0 Å². The van der Waals surface area contributed by atoms with Gasteiger partial charge in [0.15, 0.2) is 0 Å². The Kier molecular flexibility index (Phi) is 3.71. The fraction of sp³-hybridized carbons (Fsp3) is 1.00. The molecule has 2 heteroatoms. The van der Waals surface area contributed by atoms with Crippen molar-refractivity contribution in [2.24, 2.45) is 28.1 Å². The van der Waals surface area contributed by atoms with Gasteiger partial charge in [-0.3, -0.25) is 0 Å². The lowest BCUT2D eigenvalue weighted by Gasteiger charge is -2.53. The van der Waals surface area contributed by atoms with Crippen LogP contribution in [0.4, 0.5) is 0 Å². The largest absolute Gasteiger partial charge is 0.386 e. The Morgan fingerprint density at radius 2 is 1.57 bits per heavy atom. The van der Waals surface area contributed by atoms with Gasteiger partial charge in [-0.25, -0.2) is 0 Å². The summed E-state index contributed by atoms with van der Waals surface area (Å²) in [6.07, 6.45) is 14.6. The molecule has 4 aliphatic carbocycles. The third-order valence-corrected chi connectivity index (χ3v) is 9.55. The first kappa shape index (κ1) is 16.4. The number of rotatable bonds is 3. The van der Waals surface area contributed by atoms with Crippen LogP contribution in [-0.4, -0.2) is 24.4 Å². The summed E-state index contributed by atoms with van der Waals surface area (Å²) in [6.45, 7) is 5.56. The van der Waals surface area contributed by atoms with Crippen LogP contribution in [0.15, 0.2) is 0 Å². The molecule has 4 saturated carbocycles. The minimum Gasteiger partial charge on any atom is -0.386 e. The van der Waals surface area contributed by atoms with E-state index >= 15 is 0 Å². The van der Waals surface area contributed by atoms with Gasteiger partial charge in [0.2, 0.25) is 0 Å². The minimum atomic E-state index is -0.611. The Labute approximate surface area is 142 Å². The molecule has 0 amide bonds. The first-order valence-electron chi connectivity index (χ1n) is 10.2. The quantitative estimate of drug-likeness (QED) is 0.798. The van der Waals surface area contributed by atoms with Crippen LogP contribution < -0.4 is 0 Å². The van der Waals surface area contributed by atoms with E-state index in [4.69, 9.17) is 4.74 Å². The zero-order valence-corrected chi connectivity index (χ0v) is 15.5. The van der Waals surface area contributed by atoms with Crippen LogP contribution in [-0.2, 0) is 4.74 Å². The second kappa shape index (κ2) is 5.21. The van der Waals surface area contributed by atoms with Gasteiger partial charge in [0, 0.05) is 17.9 Å². The average molecular weight is 321 g/mol. The van der Waals surface area contributed by atoms with Gasteiger partial charge < -0.3 is 9.84 Å². The maximum atomic E-state index is 12.1.